The maximum atomic E-state index is 13.7. The number of carbonyl (C=O) groups excluding carboxylic acids is 2. The molecule has 0 aliphatic carbocycles. The van der Waals surface area contributed by atoms with E-state index in [-0.39, 0.29) is 33.5 Å². The van der Waals surface area contributed by atoms with Gasteiger partial charge < -0.3 is 26.1 Å². The van der Waals surface area contributed by atoms with Gasteiger partial charge in [-0.1, -0.05) is 5.16 Å². The van der Waals surface area contributed by atoms with Gasteiger partial charge in [-0.25, -0.2) is 19.0 Å². The summed E-state index contributed by atoms with van der Waals surface area (Å²) < 4.78 is 14.7. The molecule has 0 radical (unpaired) electrons. The van der Waals surface area contributed by atoms with Gasteiger partial charge in [-0.15, -0.1) is 46.2 Å². The van der Waals surface area contributed by atoms with Crippen LogP contribution in [0.1, 0.15) is 19.5 Å². The molecule has 13 nitrogen and oxygen atoms in total. The van der Waals surface area contributed by atoms with Gasteiger partial charge in [-0.3, -0.25) is 19.3 Å². The standard InChI is InChI=1S/C26H22FN5O8S4/c1-26(2,24(38)39)40-31-17(13-9-43-25(28)29-13)20(34)30-18-21(35)32-19(23(36)37)10(8-42-22(18)32)7-41-16-6-14(33)12-4-3-11(27)5-15(12)44-16/h3-6,9,18,22H,7-8H2,1-2H3,(H2,28,29)(H,30,34)(H,36,37)(H,38,39)/b31-17-/t18-,22+/m1/s1. The van der Waals surface area contributed by atoms with Crippen molar-refractivity contribution in [2.45, 2.75) is 35.1 Å². The van der Waals surface area contributed by atoms with Crippen LogP contribution in [0.3, 0.4) is 0 Å². The van der Waals surface area contributed by atoms with E-state index in [4.69, 9.17) is 10.6 Å². The van der Waals surface area contributed by atoms with Crippen LogP contribution in [0.4, 0.5) is 9.52 Å². The second-order valence-corrected chi connectivity index (χ2v) is 14.2. The first-order valence-corrected chi connectivity index (χ1v) is 16.3. The Balaban J connectivity index is 1.34. The highest BCUT2D eigenvalue weighted by Gasteiger charge is 2.54. The summed E-state index contributed by atoms with van der Waals surface area (Å²) in [6.07, 6.45) is 0. The molecular weight excluding hydrogens is 658 g/mol. The zero-order valence-corrected chi connectivity index (χ0v) is 26.0. The summed E-state index contributed by atoms with van der Waals surface area (Å²) in [6, 6.07) is 4.17. The maximum Gasteiger partial charge on any atom is 0.352 e. The fraction of sp³-hybridized carbons (Fsp3) is 0.269. The lowest BCUT2D eigenvalue weighted by molar-refractivity contribution is -0.161. The highest BCUT2D eigenvalue weighted by Crippen LogP contribution is 2.42. The van der Waals surface area contributed by atoms with Crippen molar-refractivity contribution >= 4 is 90.9 Å². The Morgan fingerprint density at radius 3 is 2.68 bits per heavy atom. The number of oxime groups is 1. The first kappa shape index (κ1) is 31.4. The van der Waals surface area contributed by atoms with Gasteiger partial charge in [0.05, 0.1) is 4.21 Å². The summed E-state index contributed by atoms with van der Waals surface area (Å²) in [6.45, 7) is 2.46. The molecule has 3 aromatic rings. The Kier molecular flexibility index (Phi) is 8.70. The topological polar surface area (TPSA) is 202 Å². The predicted molar refractivity (Wildman–Crippen MR) is 164 cm³/mol. The Hall–Kier alpha value is -4.00. The van der Waals surface area contributed by atoms with Crippen molar-refractivity contribution in [3.05, 3.63) is 62.7 Å². The van der Waals surface area contributed by atoms with Crippen molar-refractivity contribution in [2.75, 3.05) is 17.2 Å². The molecule has 1 saturated heterocycles. The second-order valence-electron chi connectivity index (χ2n) is 9.89. The number of carboxylic acid groups (broad SMARTS) is 2. The predicted octanol–water partition coefficient (Wildman–Crippen LogP) is 2.55. The number of amides is 2. The Morgan fingerprint density at radius 2 is 2.02 bits per heavy atom. The van der Waals surface area contributed by atoms with Crippen molar-refractivity contribution < 1.29 is 38.6 Å². The van der Waals surface area contributed by atoms with Crippen LogP contribution in [0, 0.1) is 5.82 Å². The van der Waals surface area contributed by atoms with Crippen molar-refractivity contribution in [1.82, 2.24) is 15.2 Å². The minimum absolute atomic E-state index is 0.00437. The number of nitrogens with one attached hydrogen (secondary N) is 1. The molecule has 230 valence electrons. The number of rotatable bonds is 10. The van der Waals surface area contributed by atoms with Crippen LogP contribution < -0.4 is 16.5 Å². The quantitative estimate of drug-likeness (QED) is 0.106. The first-order chi connectivity index (χ1) is 20.8. The number of β-lactam (4-membered cyclic amide) rings is 1. The van der Waals surface area contributed by atoms with Crippen LogP contribution in [-0.2, 0) is 24.0 Å². The fourth-order valence-corrected chi connectivity index (χ4v) is 8.42. The van der Waals surface area contributed by atoms with Gasteiger partial charge in [0.25, 0.3) is 11.8 Å². The van der Waals surface area contributed by atoms with E-state index in [1.54, 1.807) is 0 Å². The lowest BCUT2D eigenvalue weighted by atomic mass is 10.0. The van der Waals surface area contributed by atoms with Gasteiger partial charge in [0.1, 0.15) is 28.6 Å². The van der Waals surface area contributed by atoms with E-state index in [0.717, 1.165) is 16.2 Å². The van der Waals surface area contributed by atoms with E-state index in [9.17, 15) is 38.6 Å². The van der Waals surface area contributed by atoms with Crippen LogP contribution in [0.25, 0.3) is 10.1 Å². The van der Waals surface area contributed by atoms with Crippen molar-refractivity contribution in [3.63, 3.8) is 0 Å². The van der Waals surface area contributed by atoms with Gasteiger partial charge in [0.2, 0.25) is 5.60 Å². The summed E-state index contributed by atoms with van der Waals surface area (Å²) >= 11 is 4.64. The molecule has 0 unspecified atom stereocenters. The normalized spacial score (nSPS) is 18.6. The number of thiazole rings is 1. The van der Waals surface area contributed by atoms with Gasteiger partial charge in [0, 0.05) is 33.0 Å². The second kappa shape index (κ2) is 12.2. The number of carbonyl (C=O) groups is 4. The third-order valence-corrected chi connectivity index (χ3v) is 10.8. The number of aliphatic carboxylic acids is 2. The highest BCUT2D eigenvalue weighted by atomic mass is 32.2. The molecule has 5 rings (SSSR count). The van der Waals surface area contributed by atoms with Gasteiger partial charge in [-0.05, 0) is 37.6 Å². The first-order valence-electron chi connectivity index (χ1n) is 12.5. The minimum atomic E-state index is -1.79. The zero-order valence-electron chi connectivity index (χ0n) is 22.7. The molecule has 2 aliphatic heterocycles. The number of halogens is 1. The molecule has 2 aromatic heterocycles. The molecule has 44 heavy (non-hydrogen) atoms. The molecule has 2 aliphatic rings. The van der Waals surface area contributed by atoms with Gasteiger partial charge in [0.15, 0.2) is 16.3 Å². The van der Waals surface area contributed by atoms with Gasteiger partial charge in [-0.2, -0.15) is 0 Å². The monoisotopic (exact) mass is 679 g/mol. The molecule has 0 spiro atoms. The lowest BCUT2D eigenvalue weighted by Crippen LogP contribution is -2.71. The van der Waals surface area contributed by atoms with E-state index in [2.05, 4.69) is 15.5 Å². The van der Waals surface area contributed by atoms with Crippen LogP contribution >= 0.6 is 46.2 Å². The number of carboxylic acids is 2. The largest absolute Gasteiger partial charge is 0.478 e. The number of aromatic nitrogens is 1. The molecule has 2 amide bonds. The molecule has 0 bridgehead atoms. The maximum absolute atomic E-state index is 13.7. The summed E-state index contributed by atoms with van der Waals surface area (Å²) in [4.78, 5) is 72.8. The number of fused-ring (bicyclic) bond motifs is 2. The Labute approximate surface area is 264 Å². The number of hydrogen-bond donors (Lipinski definition) is 4. The zero-order chi connectivity index (χ0) is 31.9. The van der Waals surface area contributed by atoms with E-state index in [0.29, 0.717) is 19.9 Å². The number of nitrogens with zero attached hydrogens (tertiary/aromatic N) is 3. The number of anilines is 1. The molecule has 2 atom stereocenters. The third-order valence-electron chi connectivity index (χ3n) is 6.45. The fourth-order valence-electron chi connectivity index (χ4n) is 4.14. The highest BCUT2D eigenvalue weighted by molar-refractivity contribution is 8.02. The smallest absolute Gasteiger partial charge is 0.352 e. The van der Waals surface area contributed by atoms with Crippen LogP contribution in [0.15, 0.2) is 55.1 Å². The van der Waals surface area contributed by atoms with Crippen molar-refractivity contribution in [3.8, 4) is 0 Å². The third kappa shape index (κ3) is 6.15. The molecule has 4 heterocycles. The van der Waals surface area contributed by atoms with Crippen LogP contribution in [0.2, 0.25) is 0 Å². The molecule has 1 aromatic carbocycles. The minimum Gasteiger partial charge on any atom is -0.478 e. The van der Waals surface area contributed by atoms with E-state index in [1.807, 2.05) is 0 Å². The van der Waals surface area contributed by atoms with Crippen molar-refractivity contribution in [2.24, 2.45) is 5.16 Å². The summed E-state index contributed by atoms with van der Waals surface area (Å²) in [7, 11) is 0. The summed E-state index contributed by atoms with van der Waals surface area (Å²) in [5, 5.41) is 26.7. The van der Waals surface area contributed by atoms with Crippen LogP contribution in [-0.4, -0.2) is 78.1 Å². The molecule has 0 saturated carbocycles. The molecular formula is C26H22FN5O8S4. The Bertz CT molecular complexity index is 1840. The SMILES string of the molecule is CC(C)(O/N=C(\C(=O)N[C@@H]1C(=O)N2C(C(=O)O)=C(CSc3cc(=O)c4ccc(F)cc4s3)CS[C@@H]12)c1csc(N)n1)C(=O)O. The Morgan fingerprint density at radius 1 is 1.27 bits per heavy atom. The molecule has 5 N–H and O–H groups in total. The number of thioether (sulfide) groups is 2. The number of benzene rings is 1. The lowest BCUT2D eigenvalue weighted by Gasteiger charge is -2.49. The summed E-state index contributed by atoms with van der Waals surface area (Å²) in [5.74, 6) is -4.37. The molecule has 18 heteroatoms. The average molecular weight is 680 g/mol. The van der Waals surface area contributed by atoms with E-state index >= 15 is 0 Å². The van der Waals surface area contributed by atoms with Gasteiger partial charge >= 0.3 is 11.9 Å². The van der Waals surface area contributed by atoms with E-state index in [1.165, 1.54) is 78.4 Å². The van der Waals surface area contributed by atoms with Crippen LogP contribution in [0.5, 0.6) is 0 Å². The molecule has 1 fully saturated rings. The number of hydrogen-bond acceptors (Lipinski definition) is 13. The van der Waals surface area contributed by atoms with Crippen molar-refractivity contribution in [1.29, 1.82) is 0 Å². The summed E-state index contributed by atoms with van der Waals surface area (Å²) in [5.41, 5.74) is 3.40. The number of nitrogens with two attached hydrogens (primary N) is 1. The number of nitrogen functional groups attached to an aromatic ring is 1. The average Bonchev–Trinajstić information content (AvgIpc) is 3.39. The van der Waals surface area contributed by atoms with E-state index < -0.39 is 52.3 Å².